The van der Waals surface area contributed by atoms with Gasteiger partial charge >= 0.3 is 0 Å². The SMILES string of the molecule is Cc1c(Br)cccc1C(=O)Cc1ccc(F)cc1Cl. The lowest BCUT2D eigenvalue weighted by molar-refractivity contribution is 0.0992. The molecule has 0 unspecified atom stereocenters. The zero-order valence-electron chi connectivity index (χ0n) is 10.2. The van der Waals surface area contributed by atoms with Gasteiger partial charge in [-0.05, 0) is 36.2 Å². The van der Waals surface area contributed by atoms with E-state index in [4.69, 9.17) is 11.6 Å². The number of carbonyl (C=O) groups excluding carboxylic acids is 1. The molecular formula is C15H11BrClFO. The van der Waals surface area contributed by atoms with Crippen molar-refractivity contribution in [1.29, 1.82) is 0 Å². The molecule has 2 rings (SSSR count). The van der Waals surface area contributed by atoms with Crippen molar-refractivity contribution >= 4 is 33.3 Å². The summed E-state index contributed by atoms with van der Waals surface area (Å²) in [6.45, 7) is 1.88. The van der Waals surface area contributed by atoms with Gasteiger partial charge in [0.25, 0.3) is 0 Å². The summed E-state index contributed by atoms with van der Waals surface area (Å²) >= 11 is 9.33. The zero-order chi connectivity index (χ0) is 14.0. The fourth-order valence-corrected chi connectivity index (χ4v) is 2.44. The number of hydrogen-bond donors (Lipinski definition) is 0. The Bertz CT molecular complexity index is 640. The summed E-state index contributed by atoms with van der Waals surface area (Å²) in [6, 6.07) is 9.55. The van der Waals surface area contributed by atoms with Crippen molar-refractivity contribution in [2.24, 2.45) is 0 Å². The first-order valence-corrected chi connectivity index (χ1v) is 6.88. The largest absolute Gasteiger partial charge is 0.294 e. The average molecular weight is 342 g/mol. The second-order valence-corrected chi connectivity index (χ2v) is 5.51. The fraction of sp³-hybridized carbons (Fsp3) is 0.133. The molecule has 0 N–H and O–H groups in total. The van der Waals surface area contributed by atoms with Crippen molar-refractivity contribution in [3.05, 3.63) is 68.4 Å². The van der Waals surface area contributed by atoms with E-state index in [9.17, 15) is 9.18 Å². The Morgan fingerprint density at radius 1 is 1.32 bits per heavy atom. The number of benzene rings is 2. The van der Waals surface area contributed by atoms with Crippen LogP contribution in [0.2, 0.25) is 5.02 Å². The molecule has 2 aromatic carbocycles. The first-order chi connectivity index (χ1) is 8.99. The van der Waals surface area contributed by atoms with Gasteiger partial charge in [-0.3, -0.25) is 4.79 Å². The Kier molecular flexibility index (Phi) is 4.38. The van der Waals surface area contributed by atoms with Crippen molar-refractivity contribution < 1.29 is 9.18 Å². The molecule has 0 spiro atoms. The molecule has 2 aromatic rings. The zero-order valence-corrected chi connectivity index (χ0v) is 12.6. The molecule has 0 saturated heterocycles. The lowest BCUT2D eigenvalue weighted by Crippen LogP contribution is -2.06. The van der Waals surface area contributed by atoms with Gasteiger partial charge in [0.15, 0.2) is 5.78 Å². The summed E-state index contributed by atoms with van der Waals surface area (Å²) in [5, 5.41) is 0.279. The minimum Gasteiger partial charge on any atom is -0.294 e. The van der Waals surface area contributed by atoms with E-state index in [1.165, 1.54) is 12.1 Å². The van der Waals surface area contributed by atoms with Crippen LogP contribution in [-0.2, 0) is 6.42 Å². The lowest BCUT2D eigenvalue weighted by Gasteiger charge is -2.08. The minimum absolute atomic E-state index is 0.0349. The van der Waals surface area contributed by atoms with E-state index in [1.54, 1.807) is 12.1 Å². The molecule has 0 aliphatic rings. The molecule has 0 aromatic heterocycles. The van der Waals surface area contributed by atoms with Crippen LogP contribution in [-0.4, -0.2) is 5.78 Å². The van der Waals surface area contributed by atoms with E-state index in [-0.39, 0.29) is 17.2 Å². The van der Waals surface area contributed by atoms with Crippen LogP contribution in [0.4, 0.5) is 4.39 Å². The number of ketones is 1. The molecule has 0 aliphatic heterocycles. The van der Waals surface area contributed by atoms with E-state index in [1.807, 2.05) is 19.1 Å². The Labute approximate surface area is 124 Å². The Morgan fingerprint density at radius 2 is 2.05 bits per heavy atom. The standard InChI is InChI=1S/C15H11BrClFO/c1-9-12(3-2-4-13(9)16)15(19)7-10-5-6-11(18)8-14(10)17/h2-6,8H,7H2,1H3. The van der Waals surface area contributed by atoms with Gasteiger partial charge in [0, 0.05) is 21.5 Å². The maximum Gasteiger partial charge on any atom is 0.167 e. The van der Waals surface area contributed by atoms with Gasteiger partial charge in [0.1, 0.15) is 5.82 Å². The second kappa shape index (κ2) is 5.85. The highest BCUT2D eigenvalue weighted by atomic mass is 79.9. The molecule has 19 heavy (non-hydrogen) atoms. The van der Waals surface area contributed by atoms with Crippen molar-refractivity contribution in [2.45, 2.75) is 13.3 Å². The Balaban J connectivity index is 2.28. The molecule has 0 bridgehead atoms. The highest BCUT2D eigenvalue weighted by Crippen LogP contribution is 2.23. The first kappa shape index (κ1) is 14.2. The third kappa shape index (κ3) is 3.23. The quantitative estimate of drug-likeness (QED) is 0.720. The summed E-state index contributed by atoms with van der Waals surface area (Å²) in [5.41, 5.74) is 2.17. The molecule has 98 valence electrons. The Hall–Kier alpha value is -1.19. The van der Waals surface area contributed by atoms with Gasteiger partial charge in [-0.2, -0.15) is 0 Å². The van der Waals surface area contributed by atoms with Gasteiger partial charge in [-0.25, -0.2) is 4.39 Å². The number of halogens is 3. The van der Waals surface area contributed by atoms with Crippen LogP contribution in [0.3, 0.4) is 0 Å². The van der Waals surface area contributed by atoms with Gasteiger partial charge in [0.2, 0.25) is 0 Å². The van der Waals surface area contributed by atoms with E-state index >= 15 is 0 Å². The lowest BCUT2D eigenvalue weighted by atomic mass is 9.99. The molecule has 0 amide bonds. The van der Waals surface area contributed by atoms with E-state index in [0.717, 1.165) is 10.0 Å². The summed E-state index contributed by atoms with van der Waals surface area (Å²) in [6.07, 6.45) is 0.163. The summed E-state index contributed by atoms with van der Waals surface area (Å²) in [7, 11) is 0. The maximum absolute atomic E-state index is 12.9. The highest BCUT2D eigenvalue weighted by Gasteiger charge is 2.13. The van der Waals surface area contributed by atoms with Crippen LogP contribution < -0.4 is 0 Å². The van der Waals surface area contributed by atoms with Crippen LogP contribution in [0.15, 0.2) is 40.9 Å². The summed E-state index contributed by atoms with van der Waals surface area (Å²) < 4.78 is 13.8. The van der Waals surface area contributed by atoms with Crippen LogP contribution in [0.25, 0.3) is 0 Å². The smallest absolute Gasteiger partial charge is 0.167 e. The van der Waals surface area contributed by atoms with Crippen LogP contribution >= 0.6 is 27.5 Å². The van der Waals surface area contributed by atoms with Gasteiger partial charge < -0.3 is 0 Å². The van der Waals surface area contributed by atoms with Gasteiger partial charge in [-0.15, -0.1) is 0 Å². The maximum atomic E-state index is 12.9. The molecule has 0 atom stereocenters. The molecule has 4 heteroatoms. The number of carbonyl (C=O) groups is 1. The fourth-order valence-electron chi connectivity index (χ4n) is 1.84. The molecule has 0 saturated carbocycles. The van der Waals surface area contributed by atoms with Crippen LogP contribution in [0.1, 0.15) is 21.5 Å². The monoisotopic (exact) mass is 340 g/mol. The number of Topliss-reactive ketones (excluding diaryl/α,β-unsaturated/α-hetero) is 1. The van der Waals surface area contributed by atoms with Crippen molar-refractivity contribution in [3.63, 3.8) is 0 Å². The van der Waals surface area contributed by atoms with Crippen molar-refractivity contribution in [3.8, 4) is 0 Å². The molecule has 0 radical (unpaired) electrons. The average Bonchev–Trinajstić information content (AvgIpc) is 2.36. The van der Waals surface area contributed by atoms with Crippen LogP contribution in [0.5, 0.6) is 0 Å². The molecule has 0 aliphatic carbocycles. The molecule has 1 nitrogen and oxygen atoms in total. The third-order valence-electron chi connectivity index (χ3n) is 2.93. The number of rotatable bonds is 3. The molecular weight excluding hydrogens is 331 g/mol. The predicted molar refractivity (Wildman–Crippen MR) is 78.3 cm³/mol. The van der Waals surface area contributed by atoms with E-state index in [2.05, 4.69) is 15.9 Å². The normalized spacial score (nSPS) is 10.5. The van der Waals surface area contributed by atoms with Crippen LogP contribution in [0, 0.1) is 12.7 Å². The Morgan fingerprint density at radius 3 is 2.74 bits per heavy atom. The molecule has 0 heterocycles. The van der Waals surface area contributed by atoms with E-state index in [0.29, 0.717) is 11.1 Å². The third-order valence-corrected chi connectivity index (χ3v) is 4.15. The topological polar surface area (TPSA) is 17.1 Å². The highest BCUT2D eigenvalue weighted by molar-refractivity contribution is 9.10. The summed E-state index contributed by atoms with van der Waals surface area (Å²) in [4.78, 5) is 12.3. The van der Waals surface area contributed by atoms with E-state index < -0.39 is 5.82 Å². The van der Waals surface area contributed by atoms with Gasteiger partial charge in [-0.1, -0.05) is 45.7 Å². The molecule has 0 fully saturated rings. The van der Waals surface area contributed by atoms with Gasteiger partial charge in [0.05, 0.1) is 0 Å². The van der Waals surface area contributed by atoms with Crippen molar-refractivity contribution in [2.75, 3.05) is 0 Å². The number of hydrogen-bond acceptors (Lipinski definition) is 1. The predicted octanol–water partition coefficient (Wildman–Crippen LogP) is 4.98. The minimum atomic E-state index is -0.403. The summed E-state index contributed by atoms with van der Waals surface area (Å²) in [5.74, 6) is -0.438. The van der Waals surface area contributed by atoms with Crippen molar-refractivity contribution in [1.82, 2.24) is 0 Å². The first-order valence-electron chi connectivity index (χ1n) is 5.71. The second-order valence-electron chi connectivity index (χ2n) is 4.25.